The van der Waals surface area contributed by atoms with Gasteiger partial charge in [-0.05, 0) is 12.1 Å². The van der Waals surface area contributed by atoms with E-state index in [-0.39, 0.29) is 0 Å². The van der Waals surface area contributed by atoms with Gasteiger partial charge in [0.1, 0.15) is 0 Å². The van der Waals surface area contributed by atoms with E-state index in [9.17, 15) is 4.79 Å². The first-order valence-corrected chi connectivity index (χ1v) is 4.59. The van der Waals surface area contributed by atoms with E-state index in [4.69, 9.17) is 5.11 Å². The number of rotatable bonds is 1. The number of carbonyl (C=O) groups is 1. The van der Waals surface area contributed by atoms with E-state index in [0.29, 0.717) is 5.56 Å². The van der Waals surface area contributed by atoms with Gasteiger partial charge in [-0.15, -0.1) is 0 Å². The fourth-order valence-corrected chi connectivity index (χ4v) is 0.831. The summed E-state index contributed by atoms with van der Waals surface area (Å²) in [7, 11) is 0. The highest BCUT2D eigenvalue weighted by Gasteiger charge is 1.96. The van der Waals surface area contributed by atoms with Crippen molar-refractivity contribution >= 4 is 5.97 Å². The van der Waals surface area contributed by atoms with Crippen molar-refractivity contribution in [3.63, 3.8) is 0 Å². The summed E-state index contributed by atoms with van der Waals surface area (Å²) in [6, 6.07) is 8.30. The van der Waals surface area contributed by atoms with Crippen molar-refractivity contribution in [3.05, 3.63) is 35.9 Å². The second-order valence-corrected chi connectivity index (χ2v) is 3.09. The van der Waals surface area contributed by atoms with Crippen molar-refractivity contribution in [1.29, 1.82) is 0 Å². The van der Waals surface area contributed by atoms with E-state index in [1.165, 1.54) is 25.7 Å². The Morgan fingerprint density at radius 2 is 1.46 bits per heavy atom. The van der Waals surface area contributed by atoms with Gasteiger partial charge < -0.3 is 5.11 Å². The molecule has 1 aliphatic rings. The molecule has 1 aliphatic carbocycles. The highest BCUT2D eigenvalue weighted by Crippen LogP contribution is 2.15. The van der Waals surface area contributed by atoms with Crippen LogP contribution in [0.1, 0.15) is 36.0 Å². The molecule has 2 rings (SSSR count). The molecule has 1 N–H and O–H groups in total. The third-order valence-corrected chi connectivity index (χ3v) is 2.02. The van der Waals surface area contributed by atoms with Crippen LogP contribution in [0.15, 0.2) is 30.3 Å². The Hall–Kier alpha value is -1.31. The van der Waals surface area contributed by atoms with Crippen LogP contribution in [0.25, 0.3) is 0 Å². The summed E-state index contributed by atoms with van der Waals surface area (Å²) in [5.74, 6) is -0.879. The van der Waals surface area contributed by atoms with Crippen LogP contribution in [0, 0.1) is 0 Å². The molecule has 2 nitrogen and oxygen atoms in total. The molecule has 0 aliphatic heterocycles. The summed E-state index contributed by atoms with van der Waals surface area (Å²) >= 11 is 0. The molecule has 70 valence electrons. The number of hydrogen-bond donors (Lipinski definition) is 1. The predicted molar refractivity (Wildman–Crippen MR) is 51.9 cm³/mol. The topological polar surface area (TPSA) is 37.3 Å². The van der Waals surface area contributed by atoms with Crippen molar-refractivity contribution < 1.29 is 9.90 Å². The summed E-state index contributed by atoms with van der Waals surface area (Å²) < 4.78 is 0. The van der Waals surface area contributed by atoms with E-state index in [2.05, 4.69) is 0 Å². The Morgan fingerprint density at radius 1 is 1.00 bits per heavy atom. The van der Waals surface area contributed by atoms with E-state index in [0.717, 1.165) is 0 Å². The third-order valence-electron chi connectivity index (χ3n) is 2.02. The van der Waals surface area contributed by atoms with Gasteiger partial charge in [-0.3, -0.25) is 0 Å². The molecular formula is C11H14O2. The molecule has 0 saturated heterocycles. The number of hydrogen-bond acceptors (Lipinski definition) is 1. The maximum absolute atomic E-state index is 10.2. The van der Waals surface area contributed by atoms with Gasteiger partial charge in [0.2, 0.25) is 0 Å². The van der Waals surface area contributed by atoms with Crippen LogP contribution in [-0.4, -0.2) is 11.1 Å². The first-order valence-electron chi connectivity index (χ1n) is 4.59. The van der Waals surface area contributed by atoms with Crippen molar-refractivity contribution in [2.75, 3.05) is 0 Å². The lowest BCUT2D eigenvalue weighted by Gasteiger charge is -2.05. The van der Waals surface area contributed by atoms with Gasteiger partial charge in [-0.1, -0.05) is 43.9 Å². The summed E-state index contributed by atoms with van der Waals surface area (Å²) in [5.41, 5.74) is 0.331. The minimum Gasteiger partial charge on any atom is -0.478 e. The van der Waals surface area contributed by atoms with Crippen LogP contribution in [0.3, 0.4) is 0 Å². The second-order valence-electron chi connectivity index (χ2n) is 3.09. The summed E-state index contributed by atoms with van der Waals surface area (Å²) in [5, 5.41) is 8.38. The van der Waals surface area contributed by atoms with Crippen molar-refractivity contribution in [3.8, 4) is 0 Å². The van der Waals surface area contributed by atoms with E-state index in [1.54, 1.807) is 30.3 Å². The van der Waals surface area contributed by atoms with Gasteiger partial charge in [0.05, 0.1) is 5.56 Å². The van der Waals surface area contributed by atoms with E-state index < -0.39 is 5.97 Å². The largest absolute Gasteiger partial charge is 0.478 e. The van der Waals surface area contributed by atoms with Gasteiger partial charge in [-0.2, -0.15) is 0 Å². The normalized spacial score (nSPS) is 13.5. The highest BCUT2D eigenvalue weighted by molar-refractivity contribution is 5.87. The lowest BCUT2D eigenvalue weighted by molar-refractivity contribution is 0.0697. The lowest BCUT2D eigenvalue weighted by Crippen LogP contribution is -1.93. The van der Waals surface area contributed by atoms with Gasteiger partial charge in [-0.25, -0.2) is 4.79 Å². The van der Waals surface area contributed by atoms with Crippen LogP contribution in [0.4, 0.5) is 0 Å². The van der Waals surface area contributed by atoms with Crippen molar-refractivity contribution in [2.45, 2.75) is 25.7 Å². The smallest absolute Gasteiger partial charge is 0.335 e. The maximum Gasteiger partial charge on any atom is 0.335 e. The van der Waals surface area contributed by atoms with Gasteiger partial charge in [0.15, 0.2) is 0 Å². The monoisotopic (exact) mass is 178 g/mol. The molecule has 1 fully saturated rings. The zero-order valence-corrected chi connectivity index (χ0v) is 7.57. The van der Waals surface area contributed by atoms with Crippen LogP contribution in [0.2, 0.25) is 0 Å². The molecular weight excluding hydrogens is 164 g/mol. The van der Waals surface area contributed by atoms with E-state index >= 15 is 0 Å². The third kappa shape index (κ3) is 3.74. The summed E-state index contributed by atoms with van der Waals surface area (Å²) in [6.45, 7) is 0. The van der Waals surface area contributed by atoms with Crippen LogP contribution in [-0.2, 0) is 0 Å². The zero-order valence-electron chi connectivity index (χ0n) is 7.57. The molecule has 0 atom stereocenters. The average molecular weight is 178 g/mol. The molecule has 0 heterocycles. The number of aromatic carboxylic acids is 1. The Bertz CT molecular complexity index is 246. The molecule has 0 aromatic heterocycles. The van der Waals surface area contributed by atoms with Crippen LogP contribution < -0.4 is 0 Å². The molecule has 0 bridgehead atoms. The van der Waals surface area contributed by atoms with Crippen molar-refractivity contribution in [1.82, 2.24) is 0 Å². The fraction of sp³-hybridized carbons (Fsp3) is 0.364. The molecule has 1 saturated carbocycles. The minimum atomic E-state index is -0.879. The molecule has 2 heteroatoms. The predicted octanol–water partition coefficient (Wildman–Crippen LogP) is 2.95. The van der Waals surface area contributed by atoms with Crippen LogP contribution in [0.5, 0.6) is 0 Å². The lowest BCUT2D eigenvalue weighted by atomic mass is 10.0. The molecule has 0 unspecified atom stereocenters. The Balaban J connectivity index is 0.000000175. The maximum atomic E-state index is 10.2. The highest BCUT2D eigenvalue weighted by atomic mass is 16.4. The number of benzene rings is 1. The van der Waals surface area contributed by atoms with Gasteiger partial charge in [0.25, 0.3) is 0 Å². The quantitative estimate of drug-likeness (QED) is 0.717. The fourth-order valence-electron chi connectivity index (χ4n) is 0.831. The Labute approximate surface area is 78.2 Å². The average Bonchev–Trinajstić information content (AvgIpc) is 2.03. The van der Waals surface area contributed by atoms with Gasteiger partial charge in [0, 0.05) is 0 Å². The van der Waals surface area contributed by atoms with E-state index in [1.807, 2.05) is 0 Å². The first-order chi connectivity index (χ1) is 6.30. The SMILES string of the molecule is C1CCC1.O=C(O)c1ccccc1. The summed E-state index contributed by atoms with van der Waals surface area (Å²) in [4.78, 5) is 10.2. The Kier molecular flexibility index (Phi) is 4.03. The minimum absolute atomic E-state index is 0.331. The van der Waals surface area contributed by atoms with Crippen molar-refractivity contribution in [2.24, 2.45) is 0 Å². The second kappa shape index (κ2) is 5.36. The molecule has 0 spiro atoms. The summed E-state index contributed by atoms with van der Waals surface area (Å²) in [6.07, 6.45) is 6.00. The van der Waals surface area contributed by atoms with Crippen LogP contribution >= 0.6 is 0 Å². The van der Waals surface area contributed by atoms with Gasteiger partial charge >= 0.3 is 5.97 Å². The molecule has 0 amide bonds. The number of carboxylic acid groups (broad SMARTS) is 1. The molecule has 0 radical (unpaired) electrons. The Morgan fingerprint density at radius 3 is 1.69 bits per heavy atom. The molecule has 1 aromatic carbocycles. The first kappa shape index (κ1) is 9.78. The molecule has 1 aromatic rings. The number of carboxylic acids is 1. The standard InChI is InChI=1S/C7H6O2.C4H8/c8-7(9)6-4-2-1-3-5-6;1-2-4-3-1/h1-5H,(H,8,9);1-4H2. The molecule has 13 heavy (non-hydrogen) atoms. The zero-order chi connectivity index (χ0) is 9.52.